The first-order chi connectivity index (χ1) is 17.6. The minimum Gasteiger partial charge on any atom is -0.493 e. The Labute approximate surface area is 211 Å². The summed E-state index contributed by atoms with van der Waals surface area (Å²) in [6.07, 6.45) is 6.73. The van der Waals surface area contributed by atoms with Crippen LogP contribution in [0.1, 0.15) is 52.1 Å². The summed E-state index contributed by atoms with van der Waals surface area (Å²) in [6, 6.07) is 10.5. The number of nitrogens with one attached hydrogen (secondary N) is 2. The molecule has 9 nitrogen and oxygen atoms in total. The monoisotopic (exact) mass is 491 g/mol. The highest BCUT2D eigenvalue weighted by Gasteiger charge is 2.42. The molecule has 2 heterocycles. The number of likely N-dealkylation sites (N-methyl/N-ethyl adjacent to an activating group) is 1. The lowest BCUT2D eigenvalue weighted by atomic mass is 9.99. The zero-order valence-electron chi connectivity index (χ0n) is 21.0. The molecular weight excluding hydrogens is 458 g/mol. The molecule has 1 atom stereocenters. The topological polar surface area (TPSA) is 97.7 Å². The van der Waals surface area contributed by atoms with Crippen molar-refractivity contribution in [2.75, 3.05) is 39.2 Å². The number of ether oxygens (including phenoxy) is 2. The van der Waals surface area contributed by atoms with E-state index in [1.165, 1.54) is 4.90 Å². The van der Waals surface area contributed by atoms with E-state index in [9.17, 15) is 9.59 Å². The van der Waals surface area contributed by atoms with Crippen molar-refractivity contribution in [2.45, 2.75) is 32.4 Å². The molecule has 190 valence electrons. The molecule has 0 radical (unpaired) electrons. The van der Waals surface area contributed by atoms with Crippen LogP contribution in [0.15, 0.2) is 55.1 Å². The van der Waals surface area contributed by atoms with E-state index in [-0.39, 0.29) is 11.8 Å². The van der Waals surface area contributed by atoms with Gasteiger partial charge >= 0.3 is 0 Å². The SMILES string of the molecule is CCNCCNc1cccc2c1C(=O)N([C@H](CCCn1ccnc1)c1ccc(OC)c(OC)c1)C2=O. The summed E-state index contributed by atoms with van der Waals surface area (Å²) in [5.41, 5.74) is 2.35. The first-order valence-corrected chi connectivity index (χ1v) is 12.2. The van der Waals surface area contributed by atoms with Crippen LogP contribution in [0.25, 0.3) is 0 Å². The van der Waals surface area contributed by atoms with Crippen LogP contribution in [-0.4, -0.2) is 60.1 Å². The van der Waals surface area contributed by atoms with Crippen LogP contribution in [0, 0.1) is 0 Å². The molecule has 1 aromatic heterocycles. The number of aryl methyl sites for hydroxylation is 1. The zero-order valence-corrected chi connectivity index (χ0v) is 21.0. The fourth-order valence-electron chi connectivity index (χ4n) is 4.59. The van der Waals surface area contributed by atoms with E-state index in [1.54, 1.807) is 32.8 Å². The predicted molar refractivity (Wildman–Crippen MR) is 138 cm³/mol. The quantitative estimate of drug-likeness (QED) is 0.278. The Hall–Kier alpha value is -3.85. The molecule has 0 fully saturated rings. The molecule has 0 spiro atoms. The van der Waals surface area contributed by atoms with Gasteiger partial charge in [0.2, 0.25) is 0 Å². The maximum Gasteiger partial charge on any atom is 0.264 e. The molecule has 2 aromatic carbocycles. The van der Waals surface area contributed by atoms with Crippen molar-refractivity contribution in [2.24, 2.45) is 0 Å². The van der Waals surface area contributed by atoms with E-state index in [4.69, 9.17) is 9.47 Å². The van der Waals surface area contributed by atoms with Crippen molar-refractivity contribution in [1.82, 2.24) is 19.8 Å². The van der Waals surface area contributed by atoms with Gasteiger partial charge in [0.1, 0.15) is 0 Å². The van der Waals surface area contributed by atoms with Crippen molar-refractivity contribution in [3.63, 3.8) is 0 Å². The minimum absolute atomic E-state index is 0.284. The highest BCUT2D eigenvalue weighted by atomic mass is 16.5. The zero-order chi connectivity index (χ0) is 25.5. The van der Waals surface area contributed by atoms with Gasteiger partial charge in [-0.1, -0.05) is 19.1 Å². The Morgan fingerprint density at radius 1 is 1.03 bits per heavy atom. The molecule has 3 aromatic rings. The Morgan fingerprint density at radius 2 is 1.86 bits per heavy atom. The number of nitrogens with zero attached hydrogens (tertiary/aromatic N) is 3. The number of carbonyl (C=O) groups is 2. The molecule has 0 saturated carbocycles. The van der Waals surface area contributed by atoms with Crippen molar-refractivity contribution in [1.29, 1.82) is 0 Å². The predicted octanol–water partition coefficient (Wildman–Crippen LogP) is 3.74. The van der Waals surface area contributed by atoms with Crippen LogP contribution < -0.4 is 20.1 Å². The van der Waals surface area contributed by atoms with Crippen LogP contribution in [0.2, 0.25) is 0 Å². The van der Waals surface area contributed by atoms with Gasteiger partial charge in [0.05, 0.1) is 37.7 Å². The van der Waals surface area contributed by atoms with E-state index in [0.717, 1.165) is 31.6 Å². The fourth-order valence-corrected chi connectivity index (χ4v) is 4.59. The third kappa shape index (κ3) is 5.21. The number of aromatic nitrogens is 2. The highest BCUT2D eigenvalue weighted by molar-refractivity contribution is 6.24. The molecule has 0 bridgehead atoms. The lowest BCUT2D eigenvalue weighted by molar-refractivity contribution is 0.0571. The molecule has 2 amide bonds. The number of anilines is 1. The van der Waals surface area contributed by atoms with E-state index in [0.29, 0.717) is 41.3 Å². The Bertz CT molecular complexity index is 1190. The Balaban J connectivity index is 1.65. The standard InChI is InChI=1S/C27H33N5O4/c1-4-28-12-13-30-21-8-5-7-20-25(21)27(34)32(26(20)33)22(9-6-15-31-16-14-29-18-31)19-10-11-23(35-2)24(17-19)36-3/h5,7-8,10-11,14,16-18,22,28,30H,4,6,9,12-13,15H2,1-3H3/t22-/m1/s1. The summed E-state index contributed by atoms with van der Waals surface area (Å²) in [4.78, 5) is 32.9. The van der Waals surface area contributed by atoms with Gasteiger partial charge in [-0.05, 0) is 49.2 Å². The second-order valence-corrected chi connectivity index (χ2v) is 8.56. The van der Waals surface area contributed by atoms with Gasteiger partial charge in [0.25, 0.3) is 11.8 Å². The number of carbonyl (C=O) groups excluding carboxylic acids is 2. The molecular formula is C27H33N5O4. The van der Waals surface area contributed by atoms with Gasteiger partial charge < -0.3 is 24.7 Å². The van der Waals surface area contributed by atoms with Crippen LogP contribution in [-0.2, 0) is 6.54 Å². The molecule has 9 heteroatoms. The van der Waals surface area contributed by atoms with Crippen LogP contribution >= 0.6 is 0 Å². The maximum absolute atomic E-state index is 13.8. The van der Waals surface area contributed by atoms with Crippen molar-refractivity contribution in [3.8, 4) is 11.5 Å². The summed E-state index contributed by atoms with van der Waals surface area (Å²) in [5.74, 6) is 0.571. The largest absolute Gasteiger partial charge is 0.493 e. The molecule has 0 saturated heterocycles. The van der Waals surface area contributed by atoms with E-state index >= 15 is 0 Å². The molecule has 1 aliphatic heterocycles. The van der Waals surface area contributed by atoms with Crippen LogP contribution in [0.3, 0.4) is 0 Å². The van der Waals surface area contributed by atoms with Gasteiger partial charge in [0, 0.05) is 37.7 Å². The molecule has 1 aliphatic rings. The fraction of sp³-hybridized carbons (Fsp3) is 0.370. The van der Waals surface area contributed by atoms with Gasteiger partial charge in [-0.15, -0.1) is 0 Å². The van der Waals surface area contributed by atoms with Crippen molar-refractivity contribution < 1.29 is 19.1 Å². The molecule has 4 rings (SSSR count). The van der Waals surface area contributed by atoms with Crippen LogP contribution in [0.5, 0.6) is 11.5 Å². The lowest BCUT2D eigenvalue weighted by Crippen LogP contribution is -2.34. The van der Waals surface area contributed by atoms with Gasteiger partial charge in [0.15, 0.2) is 11.5 Å². The number of hydrogen-bond acceptors (Lipinski definition) is 7. The van der Waals surface area contributed by atoms with E-state index in [2.05, 4.69) is 15.6 Å². The summed E-state index contributed by atoms with van der Waals surface area (Å²) >= 11 is 0. The number of amides is 2. The first kappa shape index (κ1) is 25.2. The Morgan fingerprint density at radius 3 is 2.58 bits per heavy atom. The lowest BCUT2D eigenvalue weighted by Gasteiger charge is -2.27. The van der Waals surface area contributed by atoms with Crippen molar-refractivity contribution in [3.05, 3.63) is 71.8 Å². The molecule has 0 aliphatic carbocycles. The molecule has 36 heavy (non-hydrogen) atoms. The van der Waals surface area contributed by atoms with Gasteiger partial charge in [-0.3, -0.25) is 14.5 Å². The first-order valence-electron chi connectivity index (χ1n) is 12.2. The average molecular weight is 492 g/mol. The van der Waals surface area contributed by atoms with Crippen LogP contribution in [0.4, 0.5) is 5.69 Å². The third-order valence-electron chi connectivity index (χ3n) is 6.37. The number of fused-ring (bicyclic) bond motifs is 1. The van der Waals surface area contributed by atoms with E-state index < -0.39 is 6.04 Å². The molecule has 2 N–H and O–H groups in total. The highest BCUT2D eigenvalue weighted by Crippen LogP contribution is 2.39. The smallest absolute Gasteiger partial charge is 0.264 e. The number of imide groups is 1. The number of benzene rings is 2. The second-order valence-electron chi connectivity index (χ2n) is 8.56. The van der Waals surface area contributed by atoms with Gasteiger partial charge in [-0.2, -0.15) is 0 Å². The summed E-state index contributed by atoms with van der Waals surface area (Å²) in [6.45, 7) is 5.04. The van der Waals surface area contributed by atoms with E-state index in [1.807, 2.05) is 48.0 Å². The Kier molecular flexibility index (Phi) is 8.22. The van der Waals surface area contributed by atoms with Gasteiger partial charge in [-0.25, -0.2) is 4.98 Å². The number of imidazole rings is 1. The van der Waals surface area contributed by atoms with Crippen molar-refractivity contribution >= 4 is 17.5 Å². The number of rotatable bonds is 13. The molecule has 0 unspecified atom stereocenters. The summed E-state index contributed by atoms with van der Waals surface area (Å²) in [5, 5.41) is 6.57. The number of hydrogen-bond donors (Lipinski definition) is 2. The average Bonchev–Trinajstić information content (AvgIpc) is 3.51. The minimum atomic E-state index is -0.463. The summed E-state index contributed by atoms with van der Waals surface area (Å²) in [7, 11) is 3.15. The third-order valence-corrected chi connectivity index (χ3v) is 6.37. The second kappa shape index (κ2) is 11.7. The number of methoxy groups -OCH3 is 2. The maximum atomic E-state index is 13.8. The normalized spacial score (nSPS) is 13.6. The summed E-state index contributed by atoms with van der Waals surface area (Å²) < 4.78 is 12.9.